The van der Waals surface area contributed by atoms with Gasteiger partial charge in [-0.15, -0.1) is 0 Å². The Hall–Kier alpha value is -2.93. The van der Waals surface area contributed by atoms with E-state index >= 15 is 0 Å². The molecule has 0 saturated carbocycles. The normalized spacial score (nSPS) is 14.1. The maximum atomic E-state index is 12.2. The minimum Gasteiger partial charge on any atom is -0.339 e. The number of amides is 2. The topological polar surface area (TPSA) is 84.2 Å². The van der Waals surface area contributed by atoms with Crippen molar-refractivity contribution in [1.29, 1.82) is 0 Å². The van der Waals surface area contributed by atoms with Crippen LogP contribution in [0.2, 0.25) is 5.02 Å². The average Bonchev–Trinajstić information content (AvgIpc) is 3.10. The summed E-state index contributed by atoms with van der Waals surface area (Å²) in [7, 11) is 0. The number of hydrogen-bond acceptors (Lipinski definition) is 5. The van der Waals surface area contributed by atoms with Gasteiger partial charge in [0.25, 0.3) is 0 Å². The van der Waals surface area contributed by atoms with Crippen LogP contribution in [0.15, 0.2) is 53.3 Å². The van der Waals surface area contributed by atoms with E-state index in [2.05, 4.69) is 20.4 Å². The molecule has 0 bridgehead atoms. The molecule has 2 amide bonds. The van der Waals surface area contributed by atoms with Crippen LogP contribution < -0.4 is 5.32 Å². The van der Waals surface area contributed by atoms with Crippen molar-refractivity contribution < 1.29 is 9.32 Å². The molecule has 8 heteroatoms. The smallest absolute Gasteiger partial charge is 0.317 e. The van der Waals surface area contributed by atoms with Crippen LogP contribution in [0.25, 0.3) is 11.4 Å². The maximum absolute atomic E-state index is 12.2. The van der Waals surface area contributed by atoms with Gasteiger partial charge in [0.05, 0.1) is 5.92 Å². The number of urea groups is 1. The summed E-state index contributed by atoms with van der Waals surface area (Å²) in [6, 6.07) is 11.0. The Morgan fingerprint density at radius 1 is 1.27 bits per heavy atom. The number of carbonyl (C=O) groups is 1. The highest BCUT2D eigenvalue weighted by atomic mass is 35.5. The summed E-state index contributed by atoms with van der Waals surface area (Å²) in [5.41, 5.74) is 1.80. The van der Waals surface area contributed by atoms with Crippen molar-refractivity contribution in [3.8, 4) is 11.4 Å². The summed E-state index contributed by atoms with van der Waals surface area (Å²) in [5, 5.41) is 7.56. The number of aromatic nitrogens is 3. The van der Waals surface area contributed by atoms with Gasteiger partial charge in [0, 0.05) is 42.6 Å². The van der Waals surface area contributed by atoms with Gasteiger partial charge in [0.2, 0.25) is 11.7 Å². The molecule has 132 valence electrons. The summed E-state index contributed by atoms with van der Waals surface area (Å²) in [6.45, 7) is 1.57. The zero-order chi connectivity index (χ0) is 17.9. The summed E-state index contributed by atoms with van der Waals surface area (Å²) >= 11 is 5.85. The molecule has 3 aromatic rings. The fraction of sp³-hybridized carbons (Fsp3) is 0.222. The third kappa shape index (κ3) is 3.52. The molecule has 1 aliphatic heterocycles. The number of likely N-dealkylation sites (tertiary alicyclic amines) is 1. The van der Waals surface area contributed by atoms with Crippen LogP contribution in [0.4, 0.5) is 4.79 Å². The number of nitrogens with one attached hydrogen (secondary N) is 1. The summed E-state index contributed by atoms with van der Waals surface area (Å²) < 4.78 is 5.33. The average molecular weight is 370 g/mol. The van der Waals surface area contributed by atoms with E-state index < -0.39 is 0 Å². The van der Waals surface area contributed by atoms with E-state index in [0.29, 0.717) is 36.4 Å². The third-order valence-electron chi connectivity index (χ3n) is 4.24. The van der Waals surface area contributed by atoms with Crippen molar-refractivity contribution in [1.82, 2.24) is 25.3 Å². The number of benzene rings is 1. The standard InChI is InChI=1S/C18H16ClN5O2/c19-15-5-3-12(4-6-15)8-21-18(25)24-10-14(11-24)17-22-16(23-26-17)13-2-1-7-20-9-13/h1-7,9,14H,8,10-11H2,(H,21,25). The summed E-state index contributed by atoms with van der Waals surface area (Å²) in [4.78, 5) is 22.4. The predicted molar refractivity (Wildman–Crippen MR) is 95.5 cm³/mol. The van der Waals surface area contributed by atoms with E-state index in [1.807, 2.05) is 24.3 Å². The zero-order valence-electron chi connectivity index (χ0n) is 13.8. The van der Waals surface area contributed by atoms with Gasteiger partial charge in [-0.1, -0.05) is 28.9 Å². The number of carbonyl (C=O) groups excluding carboxylic acids is 1. The highest BCUT2D eigenvalue weighted by Crippen LogP contribution is 2.27. The molecular weight excluding hydrogens is 354 g/mol. The second kappa shape index (κ2) is 7.13. The molecule has 26 heavy (non-hydrogen) atoms. The van der Waals surface area contributed by atoms with E-state index in [-0.39, 0.29) is 11.9 Å². The molecule has 0 atom stereocenters. The van der Waals surface area contributed by atoms with Crippen LogP contribution in [0.1, 0.15) is 17.4 Å². The molecule has 1 N–H and O–H groups in total. The first-order chi connectivity index (χ1) is 12.7. The van der Waals surface area contributed by atoms with Gasteiger partial charge in [-0.25, -0.2) is 4.79 Å². The predicted octanol–water partition coefficient (Wildman–Crippen LogP) is 3.09. The second-order valence-corrected chi connectivity index (χ2v) is 6.52. The fourth-order valence-corrected chi connectivity index (χ4v) is 2.83. The van der Waals surface area contributed by atoms with Crippen LogP contribution >= 0.6 is 11.6 Å². The molecule has 0 unspecified atom stereocenters. The Bertz CT molecular complexity index is 891. The Morgan fingerprint density at radius 2 is 2.08 bits per heavy atom. The minimum absolute atomic E-state index is 0.0641. The van der Waals surface area contributed by atoms with Gasteiger partial charge >= 0.3 is 6.03 Å². The van der Waals surface area contributed by atoms with Crippen LogP contribution in [0.5, 0.6) is 0 Å². The Kier molecular flexibility index (Phi) is 4.53. The lowest BCUT2D eigenvalue weighted by atomic mass is 10.0. The van der Waals surface area contributed by atoms with Crippen LogP contribution in [0, 0.1) is 0 Å². The molecule has 4 rings (SSSR count). The molecule has 1 aromatic carbocycles. The molecule has 0 radical (unpaired) electrons. The first kappa shape index (κ1) is 16.5. The van der Waals surface area contributed by atoms with Crippen molar-refractivity contribution in [2.24, 2.45) is 0 Å². The molecule has 0 spiro atoms. The largest absolute Gasteiger partial charge is 0.339 e. The van der Waals surface area contributed by atoms with Gasteiger partial charge < -0.3 is 14.7 Å². The minimum atomic E-state index is -0.108. The van der Waals surface area contributed by atoms with E-state index in [4.69, 9.17) is 16.1 Å². The Morgan fingerprint density at radius 3 is 2.81 bits per heavy atom. The van der Waals surface area contributed by atoms with E-state index in [1.165, 1.54) is 0 Å². The Balaban J connectivity index is 1.29. The van der Waals surface area contributed by atoms with Crippen molar-refractivity contribution in [3.63, 3.8) is 0 Å². The van der Waals surface area contributed by atoms with Gasteiger partial charge in [0.15, 0.2) is 0 Å². The van der Waals surface area contributed by atoms with Crippen molar-refractivity contribution in [3.05, 3.63) is 65.3 Å². The van der Waals surface area contributed by atoms with Gasteiger partial charge in [-0.2, -0.15) is 4.98 Å². The lowest BCUT2D eigenvalue weighted by molar-refractivity contribution is 0.136. The van der Waals surface area contributed by atoms with E-state index in [9.17, 15) is 4.79 Å². The van der Waals surface area contributed by atoms with Crippen molar-refractivity contribution in [2.45, 2.75) is 12.5 Å². The molecule has 1 saturated heterocycles. The summed E-state index contributed by atoms with van der Waals surface area (Å²) in [6.07, 6.45) is 3.38. The number of nitrogens with zero attached hydrogens (tertiary/aromatic N) is 4. The summed E-state index contributed by atoms with van der Waals surface area (Å²) in [5.74, 6) is 1.12. The van der Waals surface area contributed by atoms with E-state index in [0.717, 1.165) is 11.1 Å². The zero-order valence-corrected chi connectivity index (χ0v) is 14.6. The SMILES string of the molecule is O=C(NCc1ccc(Cl)cc1)N1CC(c2nc(-c3cccnc3)no2)C1. The lowest BCUT2D eigenvalue weighted by Gasteiger charge is -2.36. The van der Waals surface area contributed by atoms with Crippen LogP contribution in [0.3, 0.4) is 0 Å². The van der Waals surface area contributed by atoms with Gasteiger partial charge in [0.1, 0.15) is 0 Å². The number of hydrogen-bond donors (Lipinski definition) is 1. The number of rotatable bonds is 4. The quantitative estimate of drug-likeness (QED) is 0.763. The van der Waals surface area contributed by atoms with Gasteiger partial charge in [-0.05, 0) is 29.8 Å². The lowest BCUT2D eigenvalue weighted by Crippen LogP contribution is -2.52. The molecule has 0 aliphatic carbocycles. The number of halogens is 1. The monoisotopic (exact) mass is 369 g/mol. The molecule has 2 aromatic heterocycles. The fourth-order valence-electron chi connectivity index (χ4n) is 2.71. The highest BCUT2D eigenvalue weighted by molar-refractivity contribution is 6.30. The van der Waals surface area contributed by atoms with Crippen LogP contribution in [-0.2, 0) is 6.54 Å². The highest BCUT2D eigenvalue weighted by Gasteiger charge is 2.35. The first-order valence-electron chi connectivity index (χ1n) is 8.20. The Labute approximate surface area is 155 Å². The molecule has 3 heterocycles. The third-order valence-corrected chi connectivity index (χ3v) is 4.49. The molecular formula is C18H16ClN5O2. The maximum Gasteiger partial charge on any atom is 0.317 e. The number of pyridine rings is 1. The molecule has 1 fully saturated rings. The molecule has 1 aliphatic rings. The van der Waals surface area contributed by atoms with Crippen molar-refractivity contribution >= 4 is 17.6 Å². The van der Waals surface area contributed by atoms with E-state index in [1.54, 1.807) is 29.4 Å². The van der Waals surface area contributed by atoms with Gasteiger partial charge in [-0.3, -0.25) is 4.98 Å². The van der Waals surface area contributed by atoms with Crippen LogP contribution in [-0.4, -0.2) is 39.1 Å². The van der Waals surface area contributed by atoms with Crippen molar-refractivity contribution in [2.75, 3.05) is 13.1 Å². The second-order valence-electron chi connectivity index (χ2n) is 6.09. The molecule has 7 nitrogen and oxygen atoms in total. The first-order valence-corrected chi connectivity index (χ1v) is 8.58.